The second-order valence-corrected chi connectivity index (χ2v) is 5.72. The fourth-order valence-corrected chi connectivity index (χ4v) is 3.16. The molecule has 1 aliphatic carbocycles. The molecule has 0 aromatic heterocycles. The molecule has 1 saturated carbocycles. The van der Waals surface area contributed by atoms with Crippen LogP contribution in [0.15, 0.2) is 30.3 Å². The number of rotatable bonds is 5. The van der Waals surface area contributed by atoms with E-state index in [1.165, 1.54) is 0 Å². The molecule has 1 aromatic rings. The number of carbonyl (C=O) groups excluding carboxylic acids is 1. The number of nitrogens with two attached hydrogens (primary N) is 1. The minimum atomic E-state index is -0.0421. The molecule has 2 aliphatic rings. The number of amides is 1. The van der Waals surface area contributed by atoms with E-state index in [0.717, 1.165) is 25.2 Å². The van der Waals surface area contributed by atoms with Crippen LogP contribution < -0.4 is 15.8 Å². The minimum absolute atomic E-state index is 0.0225. The van der Waals surface area contributed by atoms with Crippen LogP contribution in [0.25, 0.3) is 0 Å². The number of hydrogen-bond donors (Lipinski definition) is 2. The third-order valence-electron chi connectivity index (χ3n) is 4.35. The first-order valence-corrected chi connectivity index (χ1v) is 7.60. The van der Waals surface area contributed by atoms with Crippen molar-refractivity contribution in [3.63, 3.8) is 0 Å². The van der Waals surface area contributed by atoms with E-state index >= 15 is 0 Å². The number of hydrogen-bond acceptors (Lipinski definition) is 4. The van der Waals surface area contributed by atoms with Gasteiger partial charge in [0.05, 0.1) is 25.2 Å². The summed E-state index contributed by atoms with van der Waals surface area (Å²) in [7, 11) is 0. The van der Waals surface area contributed by atoms with Gasteiger partial charge in [0.25, 0.3) is 0 Å². The van der Waals surface area contributed by atoms with Gasteiger partial charge < -0.3 is 20.5 Å². The molecule has 1 aromatic carbocycles. The highest BCUT2D eigenvalue weighted by Gasteiger charge is 2.50. The Morgan fingerprint density at radius 1 is 1.38 bits per heavy atom. The Bertz CT molecular complexity index is 480. The SMILES string of the molecule is NC1C2CCCOC2C1NC(=O)CCOc1ccccc1. The summed E-state index contributed by atoms with van der Waals surface area (Å²) in [6, 6.07) is 9.47. The Hall–Kier alpha value is -1.59. The average Bonchev–Trinajstić information content (AvgIpc) is 2.53. The lowest BCUT2D eigenvalue weighted by Gasteiger charge is -2.52. The molecule has 3 rings (SSSR count). The first-order chi connectivity index (χ1) is 10.3. The van der Waals surface area contributed by atoms with E-state index in [9.17, 15) is 4.79 Å². The molecule has 0 radical (unpaired) electrons. The van der Waals surface area contributed by atoms with Gasteiger partial charge in [-0.1, -0.05) is 18.2 Å². The number of nitrogens with one attached hydrogen (secondary N) is 1. The van der Waals surface area contributed by atoms with Gasteiger partial charge in [0, 0.05) is 18.6 Å². The summed E-state index contributed by atoms with van der Waals surface area (Å²) >= 11 is 0. The van der Waals surface area contributed by atoms with Crippen molar-refractivity contribution in [1.29, 1.82) is 0 Å². The fraction of sp³-hybridized carbons (Fsp3) is 0.562. The molecule has 1 heterocycles. The van der Waals surface area contributed by atoms with Gasteiger partial charge in [0.15, 0.2) is 0 Å². The molecule has 1 aliphatic heterocycles. The van der Waals surface area contributed by atoms with E-state index in [2.05, 4.69) is 5.32 Å². The Balaban J connectivity index is 1.40. The predicted molar refractivity (Wildman–Crippen MR) is 78.9 cm³/mol. The lowest BCUT2D eigenvalue weighted by atomic mass is 9.68. The summed E-state index contributed by atoms with van der Waals surface area (Å²) in [5.41, 5.74) is 6.12. The maximum atomic E-state index is 12.0. The molecule has 114 valence electrons. The third-order valence-corrected chi connectivity index (χ3v) is 4.35. The predicted octanol–water partition coefficient (Wildman–Crippen LogP) is 1.08. The molecule has 0 bridgehead atoms. The summed E-state index contributed by atoms with van der Waals surface area (Å²) in [6.07, 6.45) is 2.61. The van der Waals surface area contributed by atoms with Gasteiger partial charge in [-0.25, -0.2) is 0 Å². The second kappa shape index (κ2) is 6.45. The molecular formula is C16H22N2O3. The maximum Gasteiger partial charge on any atom is 0.223 e. The zero-order valence-electron chi connectivity index (χ0n) is 12.0. The van der Waals surface area contributed by atoms with Crippen LogP contribution >= 0.6 is 0 Å². The van der Waals surface area contributed by atoms with Crippen LogP contribution in [-0.2, 0) is 9.53 Å². The van der Waals surface area contributed by atoms with Gasteiger partial charge in [-0.15, -0.1) is 0 Å². The highest BCUT2D eigenvalue weighted by molar-refractivity contribution is 5.76. The van der Waals surface area contributed by atoms with Crippen molar-refractivity contribution in [2.24, 2.45) is 11.7 Å². The van der Waals surface area contributed by atoms with E-state index in [4.69, 9.17) is 15.2 Å². The standard InChI is InChI=1S/C16H22N2O3/c17-14-12-7-4-9-21-16(12)15(14)18-13(19)8-10-20-11-5-2-1-3-6-11/h1-3,5-6,12,14-16H,4,7-10,17H2,(H,18,19). The summed E-state index contributed by atoms with van der Waals surface area (Å²) < 4.78 is 11.2. The molecule has 1 saturated heterocycles. The number of para-hydroxylation sites is 1. The van der Waals surface area contributed by atoms with Crippen molar-refractivity contribution in [1.82, 2.24) is 5.32 Å². The van der Waals surface area contributed by atoms with Crippen LogP contribution in [0.4, 0.5) is 0 Å². The second-order valence-electron chi connectivity index (χ2n) is 5.72. The van der Waals surface area contributed by atoms with Gasteiger partial charge in [-0.2, -0.15) is 0 Å². The van der Waals surface area contributed by atoms with E-state index in [-0.39, 0.29) is 24.1 Å². The van der Waals surface area contributed by atoms with Crippen LogP contribution in [0.1, 0.15) is 19.3 Å². The van der Waals surface area contributed by atoms with Crippen LogP contribution in [0.5, 0.6) is 5.75 Å². The van der Waals surface area contributed by atoms with E-state index in [1.54, 1.807) is 0 Å². The largest absolute Gasteiger partial charge is 0.493 e. The van der Waals surface area contributed by atoms with Crippen molar-refractivity contribution in [3.05, 3.63) is 30.3 Å². The first kappa shape index (κ1) is 14.4. The molecule has 5 heteroatoms. The smallest absolute Gasteiger partial charge is 0.223 e. The summed E-state index contributed by atoms with van der Waals surface area (Å²) in [4.78, 5) is 12.0. The van der Waals surface area contributed by atoms with Gasteiger partial charge in [0.2, 0.25) is 5.91 Å². The summed E-state index contributed by atoms with van der Waals surface area (Å²) in [5, 5.41) is 2.98. The Kier molecular flexibility index (Phi) is 4.41. The van der Waals surface area contributed by atoms with Crippen molar-refractivity contribution < 1.29 is 14.3 Å². The van der Waals surface area contributed by atoms with Crippen LogP contribution in [0.2, 0.25) is 0 Å². The monoisotopic (exact) mass is 290 g/mol. The third kappa shape index (κ3) is 3.19. The normalized spacial score (nSPS) is 30.9. The lowest BCUT2D eigenvalue weighted by molar-refractivity contribution is -0.139. The van der Waals surface area contributed by atoms with Crippen molar-refractivity contribution in [2.75, 3.05) is 13.2 Å². The Morgan fingerprint density at radius 2 is 2.19 bits per heavy atom. The number of benzene rings is 1. The molecule has 4 unspecified atom stereocenters. The van der Waals surface area contributed by atoms with Gasteiger partial charge in [-0.05, 0) is 25.0 Å². The van der Waals surface area contributed by atoms with Crippen LogP contribution in [-0.4, -0.2) is 37.3 Å². The molecule has 4 atom stereocenters. The zero-order valence-corrected chi connectivity index (χ0v) is 12.0. The van der Waals surface area contributed by atoms with Crippen molar-refractivity contribution in [3.8, 4) is 5.75 Å². The zero-order chi connectivity index (χ0) is 14.7. The first-order valence-electron chi connectivity index (χ1n) is 7.60. The molecule has 2 fully saturated rings. The molecule has 21 heavy (non-hydrogen) atoms. The molecule has 3 N–H and O–H groups in total. The summed E-state index contributed by atoms with van der Waals surface area (Å²) in [5.74, 6) is 1.16. The number of carbonyl (C=O) groups is 1. The van der Waals surface area contributed by atoms with Gasteiger partial charge >= 0.3 is 0 Å². The highest BCUT2D eigenvalue weighted by atomic mass is 16.5. The quantitative estimate of drug-likeness (QED) is 0.851. The Morgan fingerprint density at radius 3 is 3.00 bits per heavy atom. The van der Waals surface area contributed by atoms with E-state index in [0.29, 0.717) is 18.9 Å². The Labute approximate surface area is 124 Å². The minimum Gasteiger partial charge on any atom is -0.493 e. The summed E-state index contributed by atoms with van der Waals surface area (Å²) in [6.45, 7) is 1.14. The highest BCUT2D eigenvalue weighted by Crippen LogP contribution is 2.36. The van der Waals surface area contributed by atoms with Crippen LogP contribution in [0, 0.1) is 5.92 Å². The molecule has 1 amide bonds. The number of ether oxygens (including phenoxy) is 2. The average molecular weight is 290 g/mol. The molecular weight excluding hydrogens is 268 g/mol. The maximum absolute atomic E-state index is 12.0. The van der Waals surface area contributed by atoms with Crippen LogP contribution in [0.3, 0.4) is 0 Å². The van der Waals surface area contributed by atoms with Gasteiger partial charge in [0.1, 0.15) is 5.75 Å². The van der Waals surface area contributed by atoms with E-state index in [1.807, 2.05) is 30.3 Å². The van der Waals surface area contributed by atoms with Gasteiger partial charge in [-0.3, -0.25) is 4.79 Å². The topological polar surface area (TPSA) is 73.6 Å². The lowest BCUT2D eigenvalue weighted by Crippen LogP contribution is -2.72. The molecule has 0 spiro atoms. The van der Waals surface area contributed by atoms with Crippen molar-refractivity contribution in [2.45, 2.75) is 37.5 Å². The fourth-order valence-electron chi connectivity index (χ4n) is 3.16. The van der Waals surface area contributed by atoms with Crippen molar-refractivity contribution >= 4 is 5.91 Å². The molecule has 5 nitrogen and oxygen atoms in total. The van der Waals surface area contributed by atoms with E-state index < -0.39 is 0 Å². The number of fused-ring (bicyclic) bond motifs is 1.